The van der Waals surface area contributed by atoms with Crippen LogP contribution in [0.15, 0.2) is 36.4 Å². The Kier molecular flexibility index (Phi) is 4.58. The van der Waals surface area contributed by atoms with Gasteiger partial charge in [-0.15, -0.1) is 0 Å². The lowest BCUT2D eigenvalue weighted by Gasteiger charge is -2.09. The molecule has 1 unspecified atom stereocenters. The second-order valence-electron chi connectivity index (χ2n) is 4.93. The maximum absolute atomic E-state index is 12.0. The van der Waals surface area contributed by atoms with Crippen molar-refractivity contribution in [2.24, 2.45) is 0 Å². The Bertz CT molecular complexity index is 608. The van der Waals surface area contributed by atoms with Crippen molar-refractivity contribution in [1.29, 1.82) is 0 Å². The Labute approximate surface area is 118 Å². The molecular weight excluding hydrogens is 254 g/mol. The molecule has 2 aromatic carbocycles. The molecule has 0 aliphatic carbocycles. The van der Waals surface area contributed by atoms with Gasteiger partial charge in [0, 0.05) is 11.9 Å². The largest absolute Gasteiger partial charge is 0.506 e. The molecular formula is C16H19NO3. The molecule has 1 atom stereocenters. The quantitative estimate of drug-likeness (QED) is 0.733. The van der Waals surface area contributed by atoms with Crippen LogP contribution in [0.5, 0.6) is 5.75 Å². The number of nitrogens with one attached hydrogen (secondary N) is 1. The molecule has 0 aromatic heterocycles. The van der Waals surface area contributed by atoms with Crippen LogP contribution in [0, 0.1) is 0 Å². The van der Waals surface area contributed by atoms with Crippen LogP contribution in [0.25, 0.3) is 10.8 Å². The van der Waals surface area contributed by atoms with Crippen LogP contribution in [0.3, 0.4) is 0 Å². The number of hydrogen-bond donors (Lipinski definition) is 3. The number of hydrogen-bond acceptors (Lipinski definition) is 3. The van der Waals surface area contributed by atoms with Gasteiger partial charge < -0.3 is 15.5 Å². The van der Waals surface area contributed by atoms with Crippen molar-refractivity contribution in [2.75, 3.05) is 6.54 Å². The summed E-state index contributed by atoms with van der Waals surface area (Å²) in [7, 11) is 0. The highest BCUT2D eigenvalue weighted by atomic mass is 16.3. The molecule has 0 fully saturated rings. The van der Waals surface area contributed by atoms with Crippen molar-refractivity contribution in [3.63, 3.8) is 0 Å². The average Bonchev–Trinajstić information content (AvgIpc) is 2.44. The summed E-state index contributed by atoms with van der Waals surface area (Å²) in [5.41, 5.74) is 0.278. The number of carbonyl (C=O) groups is 1. The second-order valence-corrected chi connectivity index (χ2v) is 4.93. The molecule has 2 aromatic rings. The molecule has 3 N–H and O–H groups in total. The van der Waals surface area contributed by atoms with Gasteiger partial charge in [0.1, 0.15) is 5.75 Å². The molecule has 0 aliphatic rings. The van der Waals surface area contributed by atoms with E-state index >= 15 is 0 Å². The van der Waals surface area contributed by atoms with Gasteiger partial charge in [0.15, 0.2) is 0 Å². The first-order valence-electron chi connectivity index (χ1n) is 6.76. The number of phenols is 1. The van der Waals surface area contributed by atoms with Crippen LogP contribution in [0.1, 0.15) is 30.1 Å². The number of amides is 1. The van der Waals surface area contributed by atoms with Gasteiger partial charge >= 0.3 is 0 Å². The topological polar surface area (TPSA) is 69.6 Å². The molecule has 1 amide bonds. The van der Waals surface area contributed by atoms with Crippen molar-refractivity contribution in [3.05, 3.63) is 42.0 Å². The minimum absolute atomic E-state index is 0.0103. The number of aromatic hydroxyl groups is 1. The Morgan fingerprint density at radius 2 is 2.00 bits per heavy atom. The molecule has 0 saturated heterocycles. The van der Waals surface area contributed by atoms with Crippen molar-refractivity contribution in [2.45, 2.75) is 25.9 Å². The van der Waals surface area contributed by atoms with Gasteiger partial charge in [0.05, 0.1) is 11.7 Å². The van der Waals surface area contributed by atoms with E-state index in [1.807, 2.05) is 24.3 Å². The van der Waals surface area contributed by atoms with E-state index in [0.717, 1.165) is 5.39 Å². The van der Waals surface area contributed by atoms with Crippen LogP contribution in [-0.4, -0.2) is 28.8 Å². The second kappa shape index (κ2) is 6.39. The summed E-state index contributed by atoms with van der Waals surface area (Å²) < 4.78 is 0. The lowest BCUT2D eigenvalue weighted by molar-refractivity contribution is 0.0947. The van der Waals surface area contributed by atoms with Gasteiger partial charge in [-0.2, -0.15) is 0 Å². The number of benzene rings is 2. The first kappa shape index (κ1) is 14.3. The number of rotatable bonds is 5. The van der Waals surface area contributed by atoms with Gasteiger partial charge in [0.2, 0.25) is 0 Å². The minimum atomic E-state index is -0.360. The fourth-order valence-electron chi connectivity index (χ4n) is 2.13. The van der Waals surface area contributed by atoms with Crippen molar-refractivity contribution < 1.29 is 15.0 Å². The zero-order valence-electron chi connectivity index (χ0n) is 11.5. The summed E-state index contributed by atoms with van der Waals surface area (Å²) in [6.45, 7) is 2.20. The molecule has 20 heavy (non-hydrogen) atoms. The van der Waals surface area contributed by atoms with Gasteiger partial charge in [-0.1, -0.05) is 30.3 Å². The van der Waals surface area contributed by atoms with E-state index in [1.165, 1.54) is 0 Å². The molecule has 0 heterocycles. The molecule has 0 radical (unpaired) electrons. The Balaban J connectivity index is 2.08. The lowest BCUT2D eigenvalue weighted by atomic mass is 10.0. The van der Waals surface area contributed by atoms with Crippen molar-refractivity contribution >= 4 is 16.7 Å². The SMILES string of the molecule is CC(O)CCCNC(=O)c1ccc2ccccc2c1O. The highest BCUT2D eigenvalue weighted by Gasteiger charge is 2.13. The Hall–Kier alpha value is -2.07. The number of carbonyl (C=O) groups excluding carboxylic acids is 1. The molecule has 4 heteroatoms. The zero-order valence-corrected chi connectivity index (χ0v) is 11.5. The number of phenolic OH excluding ortho intramolecular Hbond substituents is 1. The maximum Gasteiger partial charge on any atom is 0.255 e. The molecule has 2 rings (SSSR count). The summed E-state index contributed by atoms with van der Waals surface area (Å²) in [5.74, 6) is -0.282. The number of aliphatic hydroxyl groups is 1. The standard InChI is InChI=1S/C16H19NO3/c1-11(18)5-4-10-17-16(20)14-9-8-12-6-2-3-7-13(12)15(14)19/h2-3,6-9,11,18-19H,4-5,10H2,1H3,(H,17,20). The predicted octanol–water partition coefficient (Wildman–Crippen LogP) is 2.44. The summed E-state index contributed by atoms with van der Waals surface area (Å²) >= 11 is 0. The molecule has 0 spiro atoms. The maximum atomic E-state index is 12.0. The molecule has 4 nitrogen and oxygen atoms in total. The summed E-state index contributed by atoms with van der Waals surface area (Å²) in [4.78, 5) is 12.0. The smallest absolute Gasteiger partial charge is 0.255 e. The van der Waals surface area contributed by atoms with Crippen LogP contribution in [0.4, 0.5) is 0 Å². The summed E-state index contributed by atoms with van der Waals surface area (Å²) in [6, 6.07) is 10.8. The van der Waals surface area contributed by atoms with Crippen LogP contribution < -0.4 is 5.32 Å². The predicted molar refractivity (Wildman–Crippen MR) is 78.9 cm³/mol. The van der Waals surface area contributed by atoms with Gasteiger partial charge in [-0.25, -0.2) is 0 Å². The number of aliphatic hydroxyl groups excluding tert-OH is 1. The first-order valence-corrected chi connectivity index (χ1v) is 6.76. The molecule has 0 aliphatic heterocycles. The van der Waals surface area contributed by atoms with Gasteiger partial charge in [0.25, 0.3) is 5.91 Å². The van der Waals surface area contributed by atoms with E-state index in [4.69, 9.17) is 5.11 Å². The molecule has 106 valence electrons. The fourth-order valence-corrected chi connectivity index (χ4v) is 2.13. The van der Waals surface area contributed by atoms with Gasteiger partial charge in [-0.3, -0.25) is 4.79 Å². The lowest BCUT2D eigenvalue weighted by Crippen LogP contribution is -2.25. The van der Waals surface area contributed by atoms with E-state index in [0.29, 0.717) is 24.8 Å². The van der Waals surface area contributed by atoms with E-state index in [2.05, 4.69) is 5.32 Å². The normalized spacial score (nSPS) is 12.3. The third kappa shape index (κ3) is 3.27. The zero-order chi connectivity index (χ0) is 14.5. The monoisotopic (exact) mass is 273 g/mol. The van der Waals surface area contributed by atoms with Gasteiger partial charge in [-0.05, 0) is 31.2 Å². The third-order valence-electron chi connectivity index (χ3n) is 3.23. The Morgan fingerprint density at radius 3 is 2.75 bits per heavy atom. The van der Waals surface area contributed by atoms with Crippen molar-refractivity contribution in [1.82, 2.24) is 5.32 Å². The van der Waals surface area contributed by atoms with E-state index in [1.54, 1.807) is 19.1 Å². The van der Waals surface area contributed by atoms with Crippen LogP contribution >= 0.6 is 0 Å². The first-order chi connectivity index (χ1) is 9.59. The minimum Gasteiger partial charge on any atom is -0.506 e. The van der Waals surface area contributed by atoms with E-state index in [9.17, 15) is 9.90 Å². The third-order valence-corrected chi connectivity index (χ3v) is 3.23. The fraction of sp³-hybridized carbons (Fsp3) is 0.312. The highest BCUT2D eigenvalue weighted by molar-refractivity contribution is 6.03. The van der Waals surface area contributed by atoms with Crippen molar-refractivity contribution in [3.8, 4) is 5.75 Å². The molecule has 0 bridgehead atoms. The van der Waals surface area contributed by atoms with Crippen LogP contribution in [-0.2, 0) is 0 Å². The highest BCUT2D eigenvalue weighted by Crippen LogP contribution is 2.28. The summed E-state index contributed by atoms with van der Waals surface area (Å²) in [6.07, 6.45) is 0.989. The van der Waals surface area contributed by atoms with E-state index < -0.39 is 0 Å². The summed E-state index contributed by atoms with van der Waals surface area (Å²) in [5, 5.41) is 23.6. The Morgan fingerprint density at radius 1 is 1.25 bits per heavy atom. The molecule has 0 saturated carbocycles. The average molecular weight is 273 g/mol. The van der Waals surface area contributed by atoms with E-state index in [-0.39, 0.29) is 23.3 Å². The van der Waals surface area contributed by atoms with Crippen LogP contribution in [0.2, 0.25) is 0 Å². The number of fused-ring (bicyclic) bond motifs is 1.